The van der Waals surface area contributed by atoms with Gasteiger partial charge in [0.15, 0.2) is 0 Å². The van der Waals surface area contributed by atoms with Gasteiger partial charge in [0.25, 0.3) is 0 Å². The van der Waals surface area contributed by atoms with E-state index in [0.29, 0.717) is 24.3 Å². The van der Waals surface area contributed by atoms with E-state index >= 15 is 0 Å². The predicted octanol–water partition coefficient (Wildman–Crippen LogP) is 2.01. The summed E-state index contributed by atoms with van der Waals surface area (Å²) < 4.78 is 0. The van der Waals surface area contributed by atoms with E-state index in [4.69, 9.17) is 0 Å². The Bertz CT molecular complexity index is 272. The highest BCUT2D eigenvalue weighted by Gasteiger charge is 2.27. The number of carbonyl (C=O) groups is 1. The summed E-state index contributed by atoms with van der Waals surface area (Å²) in [6.45, 7) is 7.53. The van der Waals surface area contributed by atoms with Crippen molar-refractivity contribution in [3.8, 4) is 0 Å². The topological polar surface area (TPSA) is 32.3 Å². The Morgan fingerprint density at radius 3 is 2.78 bits per heavy atom. The highest BCUT2D eigenvalue weighted by atomic mass is 35.5. The van der Waals surface area contributed by atoms with Gasteiger partial charge < -0.3 is 10.2 Å². The summed E-state index contributed by atoms with van der Waals surface area (Å²) in [5.41, 5.74) is 0. The molecule has 2 fully saturated rings. The highest BCUT2D eigenvalue weighted by Crippen LogP contribution is 2.23. The molecule has 0 aromatic carbocycles. The minimum atomic E-state index is 0. The second-order valence-corrected chi connectivity index (χ2v) is 6.66. The maximum atomic E-state index is 12.2. The number of rotatable bonds is 2. The van der Waals surface area contributed by atoms with E-state index in [2.05, 4.69) is 24.1 Å². The van der Waals surface area contributed by atoms with Crippen LogP contribution in [0.15, 0.2) is 0 Å². The summed E-state index contributed by atoms with van der Waals surface area (Å²) in [6, 6.07) is 0.399. The molecule has 3 atom stereocenters. The lowest BCUT2D eigenvalue weighted by Crippen LogP contribution is -2.46. The number of hydrogen-bond acceptors (Lipinski definition) is 3. The normalized spacial score (nSPS) is 32.8. The minimum Gasteiger partial charge on any atom is -0.342 e. The zero-order chi connectivity index (χ0) is 12.3. The predicted molar refractivity (Wildman–Crippen MR) is 80.5 cm³/mol. The van der Waals surface area contributed by atoms with Crippen molar-refractivity contribution in [1.29, 1.82) is 0 Å². The summed E-state index contributed by atoms with van der Waals surface area (Å²) in [7, 11) is 0. The Hall–Kier alpha value is 0.0700. The van der Waals surface area contributed by atoms with Crippen LogP contribution in [-0.2, 0) is 4.79 Å². The fourth-order valence-electron chi connectivity index (χ4n) is 2.58. The van der Waals surface area contributed by atoms with Crippen LogP contribution >= 0.6 is 24.2 Å². The summed E-state index contributed by atoms with van der Waals surface area (Å²) in [4.78, 5) is 14.3. The molecule has 2 saturated heterocycles. The van der Waals surface area contributed by atoms with Crippen LogP contribution in [-0.4, -0.2) is 48.0 Å². The monoisotopic (exact) mass is 292 g/mol. The second-order valence-electron chi connectivity index (χ2n) is 5.51. The summed E-state index contributed by atoms with van der Waals surface area (Å²) in [5, 5.41) is 3.44. The zero-order valence-electron chi connectivity index (χ0n) is 11.4. The SMILES string of the molecule is CC1CCN(C(=O)CC2CSCCN2)CC1C.Cl. The lowest BCUT2D eigenvalue weighted by molar-refractivity contribution is -0.134. The number of likely N-dealkylation sites (tertiary alicyclic amines) is 1. The molecule has 1 N–H and O–H groups in total. The van der Waals surface area contributed by atoms with Gasteiger partial charge in [0.1, 0.15) is 0 Å². The molecule has 0 bridgehead atoms. The molecule has 0 aliphatic carbocycles. The fourth-order valence-corrected chi connectivity index (χ4v) is 3.53. The molecule has 2 rings (SSSR count). The number of halogens is 1. The average molecular weight is 293 g/mol. The first-order valence-electron chi connectivity index (χ1n) is 6.75. The van der Waals surface area contributed by atoms with Crippen molar-refractivity contribution in [3.05, 3.63) is 0 Å². The van der Waals surface area contributed by atoms with E-state index in [9.17, 15) is 4.79 Å². The number of thioether (sulfide) groups is 1. The average Bonchev–Trinajstić information content (AvgIpc) is 2.34. The third-order valence-electron chi connectivity index (χ3n) is 4.11. The van der Waals surface area contributed by atoms with Gasteiger partial charge in [-0.15, -0.1) is 12.4 Å². The van der Waals surface area contributed by atoms with Crippen LogP contribution in [0.25, 0.3) is 0 Å². The molecule has 0 spiro atoms. The van der Waals surface area contributed by atoms with Gasteiger partial charge in [-0.25, -0.2) is 0 Å². The molecule has 5 heteroatoms. The van der Waals surface area contributed by atoms with E-state index in [-0.39, 0.29) is 12.4 Å². The molecule has 106 valence electrons. The van der Waals surface area contributed by atoms with Crippen LogP contribution in [0.1, 0.15) is 26.7 Å². The molecule has 0 saturated carbocycles. The lowest BCUT2D eigenvalue weighted by Gasteiger charge is -2.36. The van der Waals surface area contributed by atoms with Crippen molar-refractivity contribution in [2.24, 2.45) is 11.8 Å². The number of carbonyl (C=O) groups excluding carboxylic acids is 1. The first-order chi connectivity index (χ1) is 8.16. The molecular formula is C13H25ClN2OS. The fraction of sp³-hybridized carbons (Fsp3) is 0.923. The molecule has 1 amide bonds. The molecule has 0 radical (unpaired) electrons. The van der Waals surface area contributed by atoms with Crippen molar-refractivity contribution in [3.63, 3.8) is 0 Å². The Labute approximate surface area is 121 Å². The van der Waals surface area contributed by atoms with E-state index in [1.165, 1.54) is 12.2 Å². The first kappa shape index (κ1) is 16.1. The maximum Gasteiger partial charge on any atom is 0.224 e. The molecule has 2 aliphatic rings. The largest absolute Gasteiger partial charge is 0.342 e. The molecule has 2 aliphatic heterocycles. The molecule has 2 heterocycles. The van der Waals surface area contributed by atoms with E-state index in [1.807, 2.05) is 11.8 Å². The van der Waals surface area contributed by atoms with Crippen LogP contribution in [0.2, 0.25) is 0 Å². The minimum absolute atomic E-state index is 0. The van der Waals surface area contributed by atoms with Gasteiger partial charge in [-0.1, -0.05) is 13.8 Å². The van der Waals surface area contributed by atoms with Crippen molar-refractivity contribution in [2.45, 2.75) is 32.7 Å². The third kappa shape index (κ3) is 4.32. The lowest BCUT2D eigenvalue weighted by atomic mass is 9.88. The molecular weight excluding hydrogens is 268 g/mol. The van der Waals surface area contributed by atoms with Gasteiger partial charge in [0.05, 0.1) is 0 Å². The van der Waals surface area contributed by atoms with E-state index in [1.54, 1.807) is 0 Å². The molecule has 3 unspecified atom stereocenters. The Balaban J connectivity index is 0.00000162. The van der Waals surface area contributed by atoms with Crippen molar-refractivity contribution in [1.82, 2.24) is 10.2 Å². The quantitative estimate of drug-likeness (QED) is 0.845. The van der Waals surface area contributed by atoms with Gasteiger partial charge in [-0.2, -0.15) is 11.8 Å². The third-order valence-corrected chi connectivity index (χ3v) is 5.24. The van der Waals surface area contributed by atoms with Crippen LogP contribution in [0.4, 0.5) is 0 Å². The van der Waals surface area contributed by atoms with Crippen LogP contribution in [0.3, 0.4) is 0 Å². The van der Waals surface area contributed by atoms with Gasteiger partial charge in [-0.3, -0.25) is 4.79 Å². The van der Waals surface area contributed by atoms with Crippen LogP contribution in [0, 0.1) is 11.8 Å². The summed E-state index contributed by atoms with van der Waals surface area (Å²) >= 11 is 1.96. The smallest absolute Gasteiger partial charge is 0.224 e. The van der Waals surface area contributed by atoms with Crippen molar-refractivity contribution in [2.75, 3.05) is 31.1 Å². The van der Waals surface area contributed by atoms with Gasteiger partial charge in [0, 0.05) is 43.6 Å². The summed E-state index contributed by atoms with van der Waals surface area (Å²) in [6.07, 6.45) is 1.86. The Morgan fingerprint density at radius 1 is 1.39 bits per heavy atom. The van der Waals surface area contributed by atoms with E-state index in [0.717, 1.165) is 31.3 Å². The van der Waals surface area contributed by atoms with Gasteiger partial charge in [0.2, 0.25) is 5.91 Å². The Morgan fingerprint density at radius 2 is 2.17 bits per heavy atom. The standard InChI is InChI=1S/C13H24N2OS.ClH/c1-10-3-5-15(8-11(10)2)13(16)7-12-9-17-6-4-14-12;/h10-12,14H,3-9H2,1-2H3;1H. The number of piperidine rings is 1. The second kappa shape index (κ2) is 7.61. The Kier molecular flexibility index (Phi) is 6.82. The van der Waals surface area contributed by atoms with E-state index < -0.39 is 0 Å². The molecule has 0 aromatic rings. The number of amides is 1. The number of nitrogens with zero attached hydrogens (tertiary/aromatic N) is 1. The zero-order valence-corrected chi connectivity index (χ0v) is 13.0. The number of nitrogens with one attached hydrogen (secondary N) is 1. The summed E-state index contributed by atoms with van der Waals surface area (Å²) in [5.74, 6) is 4.04. The maximum absolute atomic E-state index is 12.2. The highest BCUT2D eigenvalue weighted by molar-refractivity contribution is 7.99. The molecule has 3 nitrogen and oxygen atoms in total. The van der Waals surface area contributed by atoms with Crippen molar-refractivity contribution < 1.29 is 4.79 Å². The number of hydrogen-bond donors (Lipinski definition) is 1. The first-order valence-corrected chi connectivity index (χ1v) is 7.91. The van der Waals surface area contributed by atoms with Crippen LogP contribution < -0.4 is 5.32 Å². The molecule has 18 heavy (non-hydrogen) atoms. The van der Waals surface area contributed by atoms with Gasteiger partial charge in [-0.05, 0) is 18.3 Å². The van der Waals surface area contributed by atoms with Crippen molar-refractivity contribution >= 4 is 30.1 Å². The van der Waals surface area contributed by atoms with Crippen LogP contribution in [0.5, 0.6) is 0 Å². The van der Waals surface area contributed by atoms with Gasteiger partial charge >= 0.3 is 0 Å². The molecule has 0 aromatic heterocycles.